The zero-order valence-corrected chi connectivity index (χ0v) is 20.3. The number of likely N-dealkylation sites (N-methyl/N-ethyl adjacent to an activating group) is 1. The first kappa shape index (κ1) is 23.1. The summed E-state index contributed by atoms with van der Waals surface area (Å²) in [5.74, 6) is 1.31. The molecule has 2 fully saturated rings. The molecule has 0 unspecified atom stereocenters. The summed E-state index contributed by atoms with van der Waals surface area (Å²) in [6.07, 6.45) is 3.95. The van der Waals surface area contributed by atoms with Crippen molar-refractivity contribution in [1.29, 1.82) is 0 Å². The van der Waals surface area contributed by atoms with Crippen molar-refractivity contribution in [2.45, 2.75) is 38.8 Å². The van der Waals surface area contributed by atoms with Crippen molar-refractivity contribution in [1.82, 2.24) is 14.8 Å². The second-order valence-corrected chi connectivity index (χ2v) is 9.72. The topological polar surface area (TPSA) is 92.3 Å². The minimum Gasteiger partial charge on any atom is -0.479 e. The van der Waals surface area contributed by atoms with Crippen molar-refractivity contribution in [3.05, 3.63) is 47.2 Å². The number of ether oxygens (including phenoxy) is 2. The van der Waals surface area contributed by atoms with E-state index in [4.69, 9.17) is 9.47 Å². The van der Waals surface area contributed by atoms with Crippen LogP contribution in [0.25, 0.3) is 0 Å². The van der Waals surface area contributed by atoms with Crippen molar-refractivity contribution in [2.24, 2.45) is 5.92 Å². The molecule has 1 aliphatic carbocycles. The quantitative estimate of drug-likeness (QED) is 0.579. The first-order valence-electron chi connectivity index (χ1n) is 12.0. The van der Waals surface area contributed by atoms with E-state index in [1.165, 1.54) is 22.6 Å². The molecule has 1 aromatic heterocycles. The number of aromatic nitrogens is 1. The van der Waals surface area contributed by atoms with E-state index in [1.54, 1.807) is 31.3 Å². The third-order valence-corrected chi connectivity index (χ3v) is 6.70. The minimum absolute atomic E-state index is 0.0340. The van der Waals surface area contributed by atoms with Gasteiger partial charge in [0.1, 0.15) is 12.3 Å². The fourth-order valence-corrected chi connectivity index (χ4v) is 4.37. The molecule has 1 saturated carbocycles. The van der Waals surface area contributed by atoms with Crippen LogP contribution < -0.4 is 14.4 Å². The van der Waals surface area contributed by atoms with E-state index < -0.39 is 6.10 Å². The monoisotopic (exact) mass is 478 g/mol. The molecule has 3 aliphatic rings. The average molecular weight is 479 g/mol. The maximum absolute atomic E-state index is 13.1. The number of pyridine rings is 1. The number of fused-ring (bicyclic) bond motifs is 1. The summed E-state index contributed by atoms with van der Waals surface area (Å²) in [5, 5.41) is 0. The zero-order valence-electron chi connectivity index (χ0n) is 20.3. The Morgan fingerprint density at radius 1 is 1.17 bits per heavy atom. The van der Waals surface area contributed by atoms with Crippen LogP contribution in [-0.2, 0) is 16.1 Å². The third kappa shape index (κ3) is 4.80. The highest BCUT2D eigenvalue weighted by molar-refractivity contribution is 6.03. The predicted octanol–water partition coefficient (Wildman–Crippen LogP) is 2.41. The summed E-state index contributed by atoms with van der Waals surface area (Å²) >= 11 is 0. The molecule has 2 aromatic rings. The maximum atomic E-state index is 13.1. The third-order valence-electron chi connectivity index (χ3n) is 6.70. The van der Waals surface area contributed by atoms with Gasteiger partial charge < -0.3 is 24.2 Å². The van der Waals surface area contributed by atoms with Crippen molar-refractivity contribution in [3.63, 3.8) is 0 Å². The number of anilines is 1. The molecular formula is C26H30N4O5. The van der Waals surface area contributed by atoms with Crippen LogP contribution in [0.4, 0.5) is 5.69 Å². The van der Waals surface area contributed by atoms with Gasteiger partial charge in [-0.15, -0.1) is 0 Å². The standard InChI is InChI=1S/C26H30N4O5/c1-16-10-20(12-27-24(16)34-15-17-4-5-17)35-22-8-9-30(26(22)33)19-7-6-18-13-29(14-23(31)28(2)3)25(32)21(18)11-19/h6-7,10-12,17,22H,4-5,8-9,13-15H2,1-3H3/t22-/m1/s1. The summed E-state index contributed by atoms with van der Waals surface area (Å²) in [6, 6.07) is 7.30. The molecule has 35 heavy (non-hydrogen) atoms. The molecule has 1 atom stereocenters. The normalized spacial score (nSPS) is 19.2. The van der Waals surface area contributed by atoms with Crippen LogP contribution in [0.1, 0.15) is 40.7 Å². The molecule has 1 aromatic carbocycles. The Labute approximate surface area is 204 Å². The molecule has 0 bridgehead atoms. The van der Waals surface area contributed by atoms with Gasteiger partial charge in [0.2, 0.25) is 11.8 Å². The molecule has 0 radical (unpaired) electrons. The Kier molecular flexibility index (Phi) is 6.08. The van der Waals surface area contributed by atoms with Gasteiger partial charge in [-0.3, -0.25) is 14.4 Å². The lowest BCUT2D eigenvalue weighted by molar-refractivity contribution is -0.129. The summed E-state index contributed by atoms with van der Waals surface area (Å²) in [4.78, 5) is 47.1. The minimum atomic E-state index is -0.618. The Morgan fingerprint density at radius 2 is 1.97 bits per heavy atom. The van der Waals surface area contributed by atoms with Gasteiger partial charge in [0, 0.05) is 50.4 Å². The molecule has 2 aliphatic heterocycles. The number of carbonyl (C=O) groups is 3. The van der Waals surface area contributed by atoms with E-state index in [1.807, 2.05) is 25.1 Å². The number of aryl methyl sites for hydroxylation is 1. The first-order valence-corrected chi connectivity index (χ1v) is 12.0. The van der Waals surface area contributed by atoms with Crippen LogP contribution >= 0.6 is 0 Å². The van der Waals surface area contributed by atoms with E-state index in [0.29, 0.717) is 54.9 Å². The zero-order chi connectivity index (χ0) is 24.7. The average Bonchev–Trinajstić information content (AvgIpc) is 3.53. The highest BCUT2D eigenvalue weighted by atomic mass is 16.5. The largest absolute Gasteiger partial charge is 0.479 e. The van der Waals surface area contributed by atoms with Crippen molar-refractivity contribution >= 4 is 23.4 Å². The van der Waals surface area contributed by atoms with Crippen molar-refractivity contribution < 1.29 is 23.9 Å². The Balaban J connectivity index is 1.23. The number of benzene rings is 1. The molecular weight excluding hydrogens is 448 g/mol. The highest BCUT2D eigenvalue weighted by Crippen LogP contribution is 2.32. The van der Waals surface area contributed by atoms with Gasteiger partial charge in [-0.2, -0.15) is 0 Å². The number of nitrogens with zero attached hydrogens (tertiary/aromatic N) is 4. The van der Waals surface area contributed by atoms with Crippen LogP contribution in [-0.4, -0.2) is 72.4 Å². The molecule has 9 heteroatoms. The second kappa shape index (κ2) is 9.20. The van der Waals surface area contributed by atoms with Crippen LogP contribution in [0.15, 0.2) is 30.5 Å². The maximum Gasteiger partial charge on any atom is 0.268 e. The van der Waals surface area contributed by atoms with E-state index in [0.717, 1.165) is 11.1 Å². The van der Waals surface area contributed by atoms with Gasteiger partial charge in [-0.25, -0.2) is 4.98 Å². The van der Waals surface area contributed by atoms with Gasteiger partial charge in [0.25, 0.3) is 11.8 Å². The van der Waals surface area contributed by atoms with Gasteiger partial charge in [-0.1, -0.05) is 6.07 Å². The number of amides is 3. The number of carbonyl (C=O) groups excluding carboxylic acids is 3. The van der Waals surface area contributed by atoms with Gasteiger partial charge in [0.15, 0.2) is 6.10 Å². The Bertz CT molecular complexity index is 1180. The van der Waals surface area contributed by atoms with Gasteiger partial charge in [0.05, 0.1) is 12.8 Å². The summed E-state index contributed by atoms with van der Waals surface area (Å²) in [6.45, 7) is 3.53. The van der Waals surface area contributed by atoms with Crippen LogP contribution in [0, 0.1) is 12.8 Å². The van der Waals surface area contributed by atoms with E-state index in [2.05, 4.69) is 4.98 Å². The summed E-state index contributed by atoms with van der Waals surface area (Å²) in [7, 11) is 3.33. The number of hydrogen-bond acceptors (Lipinski definition) is 6. The van der Waals surface area contributed by atoms with Crippen molar-refractivity contribution in [2.75, 3.05) is 38.7 Å². The molecule has 0 N–H and O–H groups in total. The van der Waals surface area contributed by atoms with Crippen LogP contribution in [0.2, 0.25) is 0 Å². The summed E-state index contributed by atoms with van der Waals surface area (Å²) in [5.41, 5.74) is 2.93. The highest BCUT2D eigenvalue weighted by Gasteiger charge is 2.36. The van der Waals surface area contributed by atoms with Crippen LogP contribution in [0.3, 0.4) is 0 Å². The molecule has 9 nitrogen and oxygen atoms in total. The van der Waals surface area contributed by atoms with Gasteiger partial charge in [-0.05, 0) is 49.4 Å². The molecule has 1 saturated heterocycles. The fraction of sp³-hybridized carbons (Fsp3) is 0.462. The van der Waals surface area contributed by atoms with E-state index >= 15 is 0 Å². The van der Waals surface area contributed by atoms with E-state index in [9.17, 15) is 14.4 Å². The smallest absolute Gasteiger partial charge is 0.268 e. The SMILES string of the molecule is Cc1cc(O[C@@H]2CCN(c3ccc4c(c3)C(=O)N(CC(=O)N(C)C)C4)C2=O)cnc1OCC1CC1. The summed E-state index contributed by atoms with van der Waals surface area (Å²) < 4.78 is 11.8. The molecule has 5 rings (SSSR count). The Hall–Kier alpha value is -3.62. The fourth-order valence-electron chi connectivity index (χ4n) is 4.37. The Morgan fingerprint density at radius 3 is 2.69 bits per heavy atom. The molecule has 3 heterocycles. The first-order chi connectivity index (χ1) is 16.8. The molecule has 184 valence electrons. The second-order valence-electron chi connectivity index (χ2n) is 9.72. The van der Waals surface area contributed by atoms with Crippen molar-refractivity contribution in [3.8, 4) is 11.6 Å². The van der Waals surface area contributed by atoms with Gasteiger partial charge >= 0.3 is 0 Å². The lowest BCUT2D eigenvalue weighted by Gasteiger charge is -2.18. The molecule has 0 spiro atoms. The number of rotatable bonds is 8. The molecule has 3 amide bonds. The lowest BCUT2D eigenvalue weighted by Crippen LogP contribution is -2.36. The number of hydrogen-bond donors (Lipinski definition) is 0. The predicted molar refractivity (Wildman–Crippen MR) is 128 cm³/mol. The van der Waals surface area contributed by atoms with Crippen LogP contribution in [0.5, 0.6) is 11.6 Å². The lowest BCUT2D eigenvalue weighted by atomic mass is 10.1. The van der Waals surface area contributed by atoms with E-state index in [-0.39, 0.29) is 24.3 Å².